The van der Waals surface area contributed by atoms with Crippen molar-refractivity contribution in [2.45, 2.75) is 39.3 Å². The summed E-state index contributed by atoms with van der Waals surface area (Å²) in [5.41, 5.74) is 0. The van der Waals surface area contributed by atoms with E-state index in [1.54, 1.807) is 6.26 Å². The van der Waals surface area contributed by atoms with E-state index in [1.807, 2.05) is 25.1 Å². The molecule has 6 nitrogen and oxygen atoms in total. The first-order valence-electron chi connectivity index (χ1n) is 9.11. The Morgan fingerprint density at radius 2 is 2.08 bits per heavy atom. The molecule has 1 saturated heterocycles. The fourth-order valence-electron chi connectivity index (χ4n) is 3.19. The van der Waals surface area contributed by atoms with Crippen LogP contribution in [0.2, 0.25) is 0 Å². The Bertz CT molecular complexity index is 657. The van der Waals surface area contributed by atoms with Crippen molar-refractivity contribution in [1.82, 2.24) is 15.5 Å². The van der Waals surface area contributed by atoms with Crippen molar-refractivity contribution in [3.63, 3.8) is 0 Å². The number of nitrogens with zero attached hydrogens (tertiary/aromatic N) is 2. The number of furan rings is 2. The summed E-state index contributed by atoms with van der Waals surface area (Å²) in [5.74, 6) is 3.63. The highest BCUT2D eigenvalue weighted by molar-refractivity contribution is 5.79. The molecule has 1 atom stereocenters. The zero-order valence-electron chi connectivity index (χ0n) is 15.1. The van der Waals surface area contributed by atoms with Crippen molar-refractivity contribution >= 4 is 5.96 Å². The van der Waals surface area contributed by atoms with Crippen LogP contribution in [-0.4, -0.2) is 37.0 Å². The van der Waals surface area contributed by atoms with Gasteiger partial charge in [0, 0.05) is 13.1 Å². The van der Waals surface area contributed by atoms with E-state index in [0.29, 0.717) is 6.54 Å². The van der Waals surface area contributed by atoms with Crippen LogP contribution in [0.4, 0.5) is 0 Å². The van der Waals surface area contributed by atoms with Crippen LogP contribution in [0.15, 0.2) is 44.4 Å². The maximum absolute atomic E-state index is 5.91. The minimum absolute atomic E-state index is 0.226. The molecule has 0 saturated carbocycles. The van der Waals surface area contributed by atoms with Gasteiger partial charge in [-0.3, -0.25) is 4.90 Å². The normalized spacial score (nSPS) is 17.0. The third-order valence-electron chi connectivity index (χ3n) is 4.45. The van der Waals surface area contributed by atoms with Gasteiger partial charge in [-0.05, 0) is 64.0 Å². The topological polar surface area (TPSA) is 65.9 Å². The van der Waals surface area contributed by atoms with Gasteiger partial charge in [0.2, 0.25) is 0 Å². The zero-order valence-corrected chi connectivity index (χ0v) is 15.1. The summed E-state index contributed by atoms with van der Waals surface area (Å²) in [4.78, 5) is 7.09. The molecule has 136 valence electrons. The van der Waals surface area contributed by atoms with Gasteiger partial charge in [-0.2, -0.15) is 0 Å². The summed E-state index contributed by atoms with van der Waals surface area (Å²) in [6.07, 6.45) is 4.18. The number of rotatable bonds is 7. The molecule has 0 aromatic carbocycles. The van der Waals surface area contributed by atoms with Gasteiger partial charge in [-0.1, -0.05) is 0 Å². The lowest BCUT2D eigenvalue weighted by atomic mass is 10.2. The second kappa shape index (κ2) is 8.76. The molecule has 1 fully saturated rings. The fourth-order valence-corrected chi connectivity index (χ4v) is 3.19. The van der Waals surface area contributed by atoms with Crippen molar-refractivity contribution in [3.8, 4) is 0 Å². The average Bonchev–Trinajstić information content (AvgIpc) is 3.36. The van der Waals surface area contributed by atoms with Crippen LogP contribution in [0.1, 0.15) is 43.1 Å². The number of guanidine groups is 1. The third-order valence-corrected chi connectivity index (χ3v) is 4.45. The van der Waals surface area contributed by atoms with Gasteiger partial charge < -0.3 is 19.5 Å². The molecule has 25 heavy (non-hydrogen) atoms. The van der Waals surface area contributed by atoms with Gasteiger partial charge in [-0.25, -0.2) is 4.99 Å². The molecule has 6 heteroatoms. The highest BCUT2D eigenvalue weighted by Gasteiger charge is 2.26. The molecule has 3 rings (SSSR count). The molecule has 2 N–H and O–H groups in total. The maximum atomic E-state index is 5.91. The van der Waals surface area contributed by atoms with Crippen LogP contribution in [-0.2, 0) is 6.54 Å². The van der Waals surface area contributed by atoms with Crippen LogP contribution in [0, 0.1) is 6.92 Å². The van der Waals surface area contributed by atoms with E-state index in [1.165, 1.54) is 12.8 Å². The van der Waals surface area contributed by atoms with Crippen LogP contribution in [0.25, 0.3) is 0 Å². The Morgan fingerprint density at radius 1 is 1.24 bits per heavy atom. The second-order valence-corrected chi connectivity index (χ2v) is 6.36. The molecule has 0 amide bonds. The van der Waals surface area contributed by atoms with E-state index in [0.717, 1.165) is 49.4 Å². The van der Waals surface area contributed by atoms with Crippen molar-refractivity contribution in [3.05, 3.63) is 47.8 Å². The standard InChI is InChI=1S/C19H28N4O2/c1-3-20-19(21-13-16-7-6-12-24-16)22-14-17(23-10-4-5-11-23)18-9-8-15(2)25-18/h6-9,12,17H,3-5,10-11,13-14H2,1-2H3,(H2,20,21,22). The molecule has 1 aliphatic heterocycles. The largest absolute Gasteiger partial charge is 0.467 e. The minimum atomic E-state index is 0.226. The Hall–Kier alpha value is -2.21. The number of aliphatic imine (C=N–C) groups is 1. The van der Waals surface area contributed by atoms with Gasteiger partial charge >= 0.3 is 0 Å². The van der Waals surface area contributed by atoms with Crippen LogP contribution < -0.4 is 10.6 Å². The summed E-state index contributed by atoms with van der Waals surface area (Å²) >= 11 is 0. The van der Waals surface area contributed by atoms with E-state index in [2.05, 4.69) is 33.5 Å². The Balaban J connectivity index is 1.65. The lowest BCUT2D eigenvalue weighted by molar-refractivity contribution is 0.213. The van der Waals surface area contributed by atoms with E-state index >= 15 is 0 Å². The number of likely N-dealkylation sites (tertiary alicyclic amines) is 1. The number of hydrogen-bond donors (Lipinski definition) is 2. The minimum Gasteiger partial charge on any atom is -0.467 e. The molecule has 0 aliphatic carbocycles. The molecule has 3 heterocycles. The Kier molecular flexibility index (Phi) is 6.17. The van der Waals surface area contributed by atoms with Gasteiger partial charge in [0.25, 0.3) is 0 Å². The quantitative estimate of drug-likeness (QED) is 0.597. The van der Waals surface area contributed by atoms with Crippen LogP contribution >= 0.6 is 0 Å². The van der Waals surface area contributed by atoms with Gasteiger partial charge in [0.1, 0.15) is 23.8 Å². The van der Waals surface area contributed by atoms with Crippen molar-refractivity contribution in [2.75, 3.05) is 26.2 Å². The van der Waals surface area contributed by atoms with E-state index < -0.39 is 0 Å². The zero-order chi connectivity index (χ0) is 17.5. The van der Waals surface area contributed by atoms with Crippen molar-refractivity contribution < 1.29 is 8.83 Å². The third kappa shape index (κ3) is 4.89. The van der Waals surface area contributed by atoms with E-state index in [-0.39, 0.29) is 6.04 Å². The molecule has 2 aromatic rings. The smallest absolute Gasteiger partial charge is 0.191 e. The van der Waals surface area contributed by atoms with E-state index in [4.69, 9.17) is 8.83 Å². The second-order valence-electron chi connectivity index (χ2n) is 6.36. The van der Waals surface area contributed by atoms with Gasteiger partial charge in [0.15, 0.2) is 5.96 Å². The predicted molar refractivity (Wildman–Crippen MR) is 98.5 cm³/mol. The highest BCUT2D eigenvalue weighted by Crippen LogP contribution is 2.26. The lowest BCUT2D eigenvalue weighted by Crippen LogP contribution is -2.42. The molecule has 0 spiro atoms. The maximum Gasteiger partial charge on any atom is 0.191 e. The summed E-state index contributed by atoms with van der Waals surface area (Å²) in [6.45, 7) is 8.40. The predicted octanol–water partition coefficient (Wildman–Crippen LogP) is 3.07. The lowest BCUT2D eigenvalue weighted by Gasteiger charge is -2.26. The number of nitrogens with one attached hydrogen (secondary N) is 2. The highest BCUT2D eigenvalue weighted by atomic mass is 16.3. The molecule has 2 aromatic heterocycles. The average molecular weight is 344 g/mol. The molecular weight excluding hydrogens is 316 g/mol. The first-order valence-corrected chi connectivity index (χ1v) is 9.11. The summed E-state index contributed by atoms with van der Waals surface area (Å²) in [5, 5.41) is 6.76. The monoisotopic (exact) mass is 344 g/mol. The number of aryl methyl sites for hydroxylation is 1. The molecule has 0 radical (unpaired) electrons. The number of hydrogen-bond acceptors (Lipinski definition) is 4. The summed E-state index contributed by atoms with van der Waals surface area (Å²) in [6, 6.07) is 8.17. The fraction of sp³-hybridized carbons (Fsp3) is 0.526. The first kappa shape index (κ1) is 17.6. The first-order chi connectivity index (χ1) is 12.3. The molecular formula is C19H28N4O2. The SMILES string of the molecule is CCNC(=NCc1ccco1)NCC(c1ccc(C)o1)N1CCCC1. The van der Waals surface area contributed by atoms with Crippen LogP contribution in [0.5, 0.6) is 0 Å². The van der Waals surface area contributed by atoms with Gasteiger partial charge in [-0.15, -0.1) is 0 Å². The molecule has 1 unspecified atom stereocenters. The van der Waals surface area contributed by atoms with Crippen molar-refractivity contribution in [2.24, 2.45) is 4.99 Å². The summed E-state index contributed by atoms with van der Waals surface area (Å²) in [7, 11) is 0. The van der Waals surface area contributed by atoms with E-state index in [9.17, 15) is 0 Å². The Morgan fingerprint density at radius 3 is 2.72 bits per heavy atom. The molecule has 1 aliphatic rings. The van der Waals surface area contributed by atoms with Crippen molar-refractivity contribution in [1.29, 1.82) is 0 Å². The molecule has 0 bridgehead atoms. The Labute approximate surface area is 149 Å². The van der Waals surface area contributed by atoms with Crippen LogP contribution in [0.3, 0.4) is 0 Å². The van der Waals surface area contributed by atoms with Gasteiger partial charge in [0.05, 0.1) is 12.3 Å². The summed E-state index contributed by atoms with van der Waals surface area (Å²) < 4.78 is 11.3.